The Labute approximate surface area is 161 Å². The van der Waals surface area contributed by atoms with Gasteiger partial charge >= 0.3 is 0 Å². The van der Waals surface area contributed by atoms with Gasteiger partial charge in [0, 0.05) is 18.7 Å². The molecule has 2 aromatic carbocycles. The van der Waals surface area contributed by atoms with Gasteiger partial charge in [-0.2, -0.15) is 0 Å². The highest BCUT2D eigenvalue weighted by Crippen LogP contribution is 2.27. The van der Waals surface area contributed by atoms with Gasteiger partial charge in [0.25, 0.3) is 5.56 Å². The molecule has 0 radical (unpaired) electrons. The van der Waals surface area contributed by atoms with E-state index in [1.807, 2.05) is 54.6 Å². The summed E-state index contributed by atoms with van der Waals surface area (Å²) in [6, 6.07) is 19.2. The molecule has 0 spiro atoms. The number of H-pyrrole nitrogens is 1. The van der Waals surface area contributed by atoms with Gasteiger partial charge in [-0.15, -0.1) is 0 Å². The molecule has 1 N–H and O–H groups in total. The van der Waals surface area contributed by atoms with Gasteiger partial charge in [-0.1, -0.05) is 59.8 Å². The van der Waals surface area contributed by atoms with Crippen molar-refractivity contribution in [1.82, 2.24) is 10.1 Å². The zero-order valence-corrected chi connectivity index (χ0v) is 15.5. The Balaban J connectivity index is 1.61. The van der Waals surface area contributed by atoms with Crippen molar-refractivity contribution in [2.75, 3.05) is 20.3 Å². The minimum Gasteiger partial charge on any atom is -0.382 e. The largest absolute Gasteiger partial charge is 0.382 e. The number of pyridine rings is 1. The molecule has 4 rings (SSSR count). The quantitative estimate of drug-likeness (QED) is 0.493. The topological polar surface area (TPSA) is 77.3 Å². The van der Waals surface area contributed by atoms with Crippen molar-refractivity contribution in [2.45, 2.75) is 6.61 Å². The number of aromatic amines is 1. The fourth-order valence-electron chi connectivity index (χ4n) is 3.03. The second kappa shape index (κ2) is 8.21. The first-order chi connectivity index (χ1) is 13.8. The van der Waals surface area contributed by atoms with Crippen LogP contribution in [-0.4, -0.2) is 30.5 Å². The SMILES string of the molecule is COCCOCc1ccc(-c2cc3onc(-c4ccccc4)c3c(=O)[nH]2)cc1. The van der Waals surface area contributed by atoms with Gasteiger partial charge in [0.2, 0.25) is 0 Å². The average Bonchev–Trinajstić information content (AvgIpc) is 3.17. The van der Waals surface area contributed by atoms with Gasteiger partial charge in [0.05, 0.1) is 25.5 Å². The molecule has 2 aromatic heterocycles. The third-order valence-electron chi connectivity index (χ3n) is 4.48. The van der Waals surface area contributed by atoms with Crippen LogP contribution in [0.5, 0.6) is 0 Å². The summed E-state index contributed by atoms with van der Waals surface area (Å²) >= 11 is 0. The predicted octanol–water partition coefficient (Wildman–Crippen LogP) is 4.01. The number of methoxy groups -OCH3 is 1. The third kappa shape index (κ3) is 3.74. The zero-order valence-electron chi connectivity index (χ0n) is 15.5. The maximum atomic E-state index is 12.7. The number of nitrogens with one attached hydrogen (secondary N) is 1. The summed E-state index contributed by atoms with van der Waals surface area (Å²) in [5.41, 5.74) is 4.25. The molecule has 0 aliphatic heterocycles. The van der Waals surface area contributed by atoms with Crippen LogP contribution in [0.2, 0.25) is 0 Å². The van der Waals surface area contributed by atoms with E-state index in [0.717, 1.165) is 16.7 Å². The van der Waals surface area contributed by atoms with Crippen molar-refractivity contribution >= 4 is 11.0 Å². The third-order valence-corrected chi connectivity index (χ3v) is 4.48. The van der Waals surface area contributed by atoms with Gasteiger partial charge < -0.3 is 19.0 Å². The van der Waals surface area contributed by atoms with Crippen LogP contribution in [0.4, 0.5) is 0 Å². The van der Waals surface area contributed by atoms with Crippen LogP contribution in [-0.2, 0) is 16.1 Å². The highest BCUT2D eigenvalue weighted by atomic mass is 16.5. The summed E-state index contributed by atoms with van der Waals surface area (Å²) in [6.45, 7) is 1.64. The van der Waals surface area contributed by atoms with E-state index < -0.39 is 0 Å². The van der Waals surface area contributed by atoms with Gasteiger partial charge in [0.15, 0.2) is 5.58 Å². The maximum absolute atomic E-state index is 12.7. The first-order valence-corrected chi connectivity index (χ1v) is 9.00. The Bertz CT molecular complexity index is 1110. The summed E-state index contributed by atoms with van der Waals surface area (Å²) in [5, 5.41) is 4.56. The normalized spacial score (nSPS) is 11.2. The number of fused-ring (bicyclic) bond motifs is 1. The first kappa shape index (κ1) is 18.2. The summed E-state index contributed by atoms with van der Waals surface area (Å²) in [7, 11) is 1.65. The number of benzene rings is 2. The highest BCUT2D eigenvalue weighted by Gasteiger charge is 2.15. The molecule has 0 bridgehead atoms. The van der Waals surface area contributed by atoms with Gasteiger partial charge in [0.1, 0.15) is 11.1 Å². The van der Waals surface area contributed by atoms with Gasteiger partial charge in [-0.3, -0.25) is 4.79 Å². The summed E-state index contributed by atoms with van der Waals surface area (Å²) in [4.78, 5) is 15.6. The minimum atomic E-state index is -0.223. The monoisotopic (exact) mass is 376 g/mol. The fraction of sp³-hybridized carbons (Fsp3) is 0.182. The molecule has 0 unspecified atom stereocenters. The van der Waals surface area contributed by atoms with E-state index in [9.17, 15) is 4.79 Å². The number of hydrogen-bond donors (Lipinski definition) is 1. The lowest BCUT2D eigenvalue weighted by Crippen LogP contribution is -2.07. The predicted molar refractivity (Wildman–Crippen MR) is 107 cm³/mol. The number of hydrogen-bond acceptors (Lipinski definition) is 5. The molecule has 6 nitrogen and oxygen atoms in total. The van der Waals surface area contributed by atoms with Crippen LogP contribution in [0.3, 0.4) is 0 Å². The van der Waals surface area contributed by atoms with Crippen LogP contribution >= 0.6 is 0 Å². The number of ether oxygens (including phenoxy) is 2. The van der Waals surface area contributed by atoms with Crippen LogP contribution in [0.15, 0.2) is 70.0 Å². The maximum Gasteiger partial charge on any atom is 0.261 e. The molecule has 0 saturated heterocycles. The Kier molecular flexibility index (Phi) is 5.32. The van der Waals surface area contributed by atoms with E-state index in [-0.39, 0.29) is 5.56 Å². The molecule has 4 aromatic rings. The van der Waals surface area contributed by atoms with E-state index in [1.54, 1.807) is 13.2 Å². The summed E-state index contributed by atoms with van der Waals surface area (Å²) < 4.78 is 15.9. The van der Waals surface area contributed by atoms with Crippen molar-refractivity contribution in [1.29, 1.82) is 0 Å². The van der Waals surface area contributed by atoms with Crippen molar-refractivity contribution < 1.29 is 14.0 Å². The van der Waals surface area contributed by atoms with Gasteiger partial charge in [-0.05, 0) is 11.1 Å². The molecule has 28 heavy (non-hydrogen) atoms. The first-order valence-electron chi connectivity index (χ1n) is 9.00. The molecule has 0 aliphatic rings. The Morgan fingerprint density at radius 3 is 2.54 bits per heavy atom. The van der Waals surface area contributed by atoms with Crippen LogP contribution in [0.1, 0.15) is 5.56 Å². The zero-order chi connectivity index (χ0) is 19.3. The molecule has 0 fully saturated rings. The van der Waals surface area contributed by atoms with Crippen LogP contribution < -0.4 is 5.56 Å². The number of rotatable bonds is 7. The summed E-state index contributed by atoms with van der Waals surface area (Å²) in [5.74, 6) is 0. The molecular formula is C22H20N2O4. The Morgan fingerprint density at radius 2 is 1.79 bits per heavy atom. The molecule has 0 saturated carbocycles. The lowest BCUT2D eigenvalue weighted by molar-refractivity contribution is 0.0617. The molecule has 0 aliphatic carbocycles. The number of nitrogens with zero attached hydrogens (tertiary/aromatic N) is 1. The van der Waals surface area contributed by atoms with E-state index >= 15 is 0 Å². The standard InChI is InChI=1S/C22H20N2O4/c1-26-11-12-27-14-15-7-9-16(10-8-15)18-13-19-20(22(25)23-18)21(24-28-19)17-5-3-2-4-6-17/h2-10,13H,11-12,14H2,1H3,(H,23,25). The molecule has 2 heterocycles. The fourth-order valence-corrected chi connectivity index (χ4v) is 3.03. The highest BCUT2D eigenvalue weighted by molar-refractivity contribution is 5.92. The molecular weight excluding hydrogens is 356 g/mol. The Hall–Kier alpha value is -3.22. The minimum absolute atomic E-state index is 0.223. The van der Waals surface area contributed by atoms with E-state index in [0.29, 0.717) is 42.2 Å². The molecule has 0 atom stereocenters. The van der Waals surface area contributed by atoms with Crippen molar-refractivity contribution in [3.05, 3.63) is 76.6 Å². The molecule has 0 amide bonds. The smallest absolute Gasteiger partial charge is 0.261 e. The van der Waals surface area contributed by atoms with Crippen LogP contribution in [0.25, 0.3) is 33.5 Å². The van der Waals surface area contributed by atoms with Crippen LogP contribution in [0, 0.1) is 0 Å². The second-order valence-electron chi connectivity index (χ2n) is 6.39. The van der Waals surface area contributed by atoms with Crippen molar-refractivity contribution in [3.8, 4) is 22.5 Å². The van der Waals surface area contributed by atoms with E-state index in [2.05, 4.69) is 10.1 Å². The average molecular weight is 376 g/mol. The molecule has 142 valence electrons. The van der Waals surface area contributed by atoms with E-state index in [4.69, 9.17) is 14.0 Å². The van der Waals surface area contributed by atoms with E-state index in [1.165, 1.54) is 0 Å². The van der Waals surface area contributed by atoms with Gasteiger partial charge in [-0.25, -0.2) is 0 Å². The van der Waals surface area contributed by atoms with Crippen molar-refractivity contribution in [2.24, 2.45) is 0 Å². The van der Waals surface area contributed by atoms with Crippen molar-refractivity contribution in [3.63, 3.8) is 0 Å². The second-order valence-corrected chi connectivity index (χ2v) is 6.39. The lowest BCUT2D eigenvalue weighted by atomic mass is 10.1. The summed E-state index contributed by atoms with van der Waals surface area (Å²) in [6.07, 6.45) is 0. The number of aromatic nitrogens is 2. The lowest BCUT2D eigenvalue weighted by Gasteiger charge is -2.06. The molecule has 6 heteroatoms. The Morgan fingerprint density at radius 1 is 1.00 bits per heavy atom.